The highest BCUT2D eigenvalue weighted by molar-refractivity contribution is 7.89. The van der Waals surface area contributed by atoms with E-state index in [9.17, 15) is 17.6 Å². The molecule has 0 aromatic carbocycles. The quantitative estimate of drug-likeness (QED) is 0.725. The number of imidazole rings is 1. The van der Waals surface area contributed by atoms with Gasteiger partial charge >= 0.3 is 0 Å². The lowest BCUT2D eigenvalue weighted by Gasteiger charge is -2.41. The molecule has 168 valence electrons. The molecule has 0 spiro atoms. The normalized spacial score (nSPS) is 23.0. The number of amides is 1. The number of likely N-dealkylation sites (tertiary alicyclic amines) is 1. The lowest BCUT2D eigenvalue weighted by molar-refractivity contribution is -0.134. The van der Waals surface area contributed by atoms with Crippen LogP contribution in [-0.4, -0.2) is 70.4 Å². The molecule has 4 heterocycles. The second kappa shape index (κ2) is 8.48. The fraction of sp³-hybridized carbons (Fsp3) is 0.550. The number of hydrogen-bond donors (Lipinski definition) is 1. The molecule has 2 aromatic heterocycles. The van der Waals surface area contributed by atoms with Crippen molar-refractivity contribution in [2.75, 3.05) is 31.9 Å². The van der Waals surface area contributed by atoms with Crippen LogP contribution in [0, 0.1) is 17.7 Å². The Kier molecular flexibility index (Phi) is 6.06. The van der Waals surface area contributed by atoms with Crippen molar-refractivity contribution >= 4 is 27.5 Å². The molecular weight excluding hydrogens is 445 g/mol. The van der Waals surface area contributed by atoms with Gasteiger partial charge in [0, 0.05) is 44.9 Å². The van der Waals surface area contributed by atoms with Crippen LogP contribution in [0.25, 0.3) is 11.5 Å². The standard InChI is InChI=1S/C20H25ClFN5O3S/c1-12-8-27(31(29,30)11-14-9-26(10-14)13(2)28)6-5-16(12)18-19(21)25-20(24-18)17-4-3-15(22)7-23-17/h3-4,7,12,14,16H,5-6,8-11H2,1-2H3,(H,24,25)/t12-,16+/m0/s1. The predicted octanol–water partition coefficient (Wildman–Crippen LogP) is 2.50. The van der Waals surface area contributed by atoms with Crippen LogP contribution < -0.4 is 0 Å². The molecule has 2 saturated heterocycles. The third kappa shape index (κ3) is 4.61. The number of rotatable bonds is 5. The second-order valence-corrected chi connectivity index (χ2v) is 10.8. The summed E-state index contributed by atoms with van der Waals surface area (Å²) in [6, 6.07) is 2.84. The zero-order valence-corrected chi connectivity index (χ0v) is 19.0. The summed E-state index contributed by atoms with van der Waals surface area (Å²) in [6.45, 7) is 5.31. The minimum absolute atomic E-state index is 0.00486. The first-order valence-electron chi connectivity index (χ1n) is 10.2. The first kappa shape index (κ1) is 22.2. The Labute approximate surface area is 185 Å². The summed E-state index contributed by atoms with van der Waals surface area (Å²) in [7, 11) is -3.39. The Morgan fingerprint density at radius 2 is 2.06 bits per heavy atom. The molecule has 8 nitrogen and oxygen atoms in total. The molecule has 2 aliphatic rings. The number of nitrogens with one attached hydrogen (secondary N) is 1. The third-order valence-electron chi connectivity index (χ3n) is 6.14. The van der Waals surface area contributed by atoms with Gasteiger partial charge in [-0.2, -0.15) is 0 Å². The first-order valence-corrected chi connectivity index (χ1v) is 12.2. The van der Waals surface area contributed by atoms with Gasteiger partial charge in [0.15, 0.2) is 11.0 Å². The fourth-order valence-electron chi connectivity index (χ4n) is 4.37. The topological polar surface area (TPSA) is 99.3 Å². The number of piperidine rings is 1. The van der Waals surface area contributed by atoms with E-state index in [1.54, 1.807) is 9.21 Å². The lowest BCUT2D eigenvalue weighted by Crippen LogP contribution is -2.53. The highest BCUT2D eigenvalue weighted by atomic mass is 35.5. The Hall–Kier alpha value is -2.04. The molecule has 2 atom stereocenters. The van der Waals surface area contributed by atoms with Crippen molar-refractivity contribution in [2.45, 2.75) is 26.2 Å². The number of sulfonamides is 1. The van der Waals surface area contributed by atoms with Crippen molar-refractivity contribution in [1.82, 2.24) is 24.2 Å². The van der Waals surface area contributed by atoms with E-state index >= 15 is 0 Å². The van der Waals surface area contributed by atoms with Gasteiger partial charge in [-0.3, -0.25) is 4.79 Å². The molecule has 2 aliphatic heterocycles. The monoisotopic (exact) mass is 469 g/mol. The Bertz CT molecular complexity index is 1070. The van der Waals surface area contributed by atoms with Crippen LogP contribution in [0.1, 0.15) is 31.9 Å². The van der Waals surface area contributed by atoms with Crippen molar-refractivity contribution in [2.24, 2.45) is 11.8 Å². The van der Waals surface area contributed by atoms with E-state index in [1.807, 2.05) is 6.92 Å². The summed E-state index contributed by atoms with van der Waals surface area (Å²) in [5.41, 5.74) is 1.24. The molecule has 4 rings (SSSR count). The van der Waals surface area contributed by atoms with Crippen LogP contribution in [0.3, 0.4) is 0 Å². The van der Waals surface area contributed by atoms with Gasteiger partial charge in [0.05, 0.1) is 17.6 Å². The zero-order chi connectivity index (χ0) is 22.3. The second-order valence-electron chi connectivity index (χ2n) is 8.45. The molecule has 2 fully saturated rings. The van der Waals surface area contributed by atoms with Crippen LogP contribution in [0.4, 0.5) is 4.39 Å². The van der Waals surface area contributed by atoms with E-state index < -0.39 is 15.8 Å². The predicted molar refractivity (Wildman–Crippen MR) is 114 cm³/mol. The van der Waals surface area contributed by atoms with Gasteiger partial charge in [0.2, 0.25) is 15.9 Å². The fourth-order valence-corrected chi connectivity index (χ4v) is 6.51. The maximum Gasteiger partial charge on any atom is 0.219 e. The van der Waals surface area contributed by atoms with Crippen LogP contribution in [0.5, 0.6) is 0 Å². The first-order chi connectivity index (χ1) is 14.6. The minimum atomic E-state index is -3.39. The van der Waals surface area contributed by atoms with Crippen LogP contribution >= 0.6 is 11.6 Å². The number of carbonyl (C=O) groups excluding carboxylic acids is 1. The number of aromatic amines is 1. The average molecular weight is 470 g/mol. The number of carbonyl (C=O) groups is 1. The summed E-state index contributed by atoms with van der Waals surface area (Å²) in [4.78, 5) is 24.5. The third-order valence-corrected chi connectivity index (χ3v) is 8.44. The van der Waals surface area contributed by atoms with Crippen molar-refractivity contribution in [3.63, 3.8) is 0 Å². The van der Waals surface area contributed by atoms with E-state index in [2.05, 4.69) is 15.0 Å². The largest absolute Gasteiger partial charge is 0.342 e. The maximum atomic E-state index is 13.1. The molecule has 11 heteroatoms. The highest BCUT2D eigenvalue weighted by Gasteiger charge is 2.39. The van der Waals surface area contributed by atoms with Gasteiger partial charge in [-0.1, -0.05) is 18.5 Å². The number of H-pyrrole nitrogens is 1. The zero-order valence-electron chi connectivity index (χ0n) is 17.4. The number of pyridine rings is 1. The molecule has 31 heavy (non-hydrogen) atoms. The molecule has 0 radical (unpaired) electrons. The van der Waals surface area contributed by atoms with Crippen molar-refractivity contribution in [1.29, 1.82) is 0 Å². The lowest BCUT2D eigenvalue weighted by atomic mass is 9.86. The van der Waals surface area contributed by atoms with E-state index in [0.29, 0.717) is 49.3 Å². The van der Waals surface area contributed by atoms with Gasteiger partial charge in [-0.05, 0) is 24.5 Å². The number of halogens is 2. The summed E-state index contributed by atoms with van der Waals surface area (Å²) in [5.74, 6) is 0.133. The molecule has 1 amide bonds. The summed E-state index contributed by atoms with van der Waals surface area (Å²) < 4.78 is 40.4. The van der Waals surface area contributed by atoms with E-state index in [0.717, 1.165) is 11.9 Å². The number of nitrogens with zero attached hydrogens (tertiary/aromatic N) is 4. The van der Waals surface area contributed by atoms with Crippen LogP contribution in [-0.2, 0) is 14.8 Å². The van der Waals surface area contributed by atoms with E-state index in [4.69, 9.17) is 11.6 Å². The highest BCUT2D eigenvalue weighted by Crippen LogP contribution is 2.37. The van der Waals surface area contributed by atoms with Crippen LogP contribution in [0.2, 0.25) is 5.15 Å². The minimum Gasteiger partial charge on any atom is -0.342 e. The van der Waals surface area contributed by atoms with Gasteiger partial charge in [0.25, 0.3) is 0 Å². The van der Waals surface area contributed by atoms with Crippen molar-refractivity contribution in [3.8, 4) is 11.5 Å². The molecule has 0 unspecified atom stereocenters. The Morgan fingerprint density at radius 1 is 1.32 bits per heavy atom. The van der Waals surface area contributed by atoms with E-state index in [1.165, 1.54) is 19.1 Å². The molecule has 0 saturated carbocycles. The SMILES string of the molecule is CC(=O)N1CC(CS(=O)(=O)N2CC[C@@H](c3[nH]c(-c4ccc(F)cn4)nc3Cl)[C@@H](C)C2)C1. The van der Waals surface area contributed by atoms with E-state index in [-0.39, 0.29) is 29.4 Å². The average Bonchev–Trinajstić information content (AvgIpc) is 3.06. The Balaban J connectivity index is 1.41. The van der Waals surface area contributed by atoms with Gasteiger partial charge in [0.1, 0.15) is 11.5 Å². The molecular formula is C20H25ClFN5O3S. The summed E-state index contributed by atoms with van der Waals surface area (Å²) in [6.07, 6.45) is 1.73. The van der Waals surface area contributed by atoms with Crippen LogP contribution in [0.15, 0.2) is 18.3 Å². The molecule has 0 aliphatic carbocycles. The Morgan fingerprint density at radius 3 is 2.68 bits per heavy atom. The van der Waals surface area contributed by atoms with Crippen molar-refractivity contribution in [3.05, 3.63) is 35.0 Å². The number of hydrogen-bond acceptors (Lipinski definition) is 5. The van der Waals surface area contributed by atoms with Gasteiger partial charge < -0.3 is 9.88 Å². The maximum absolute atomic E-state index is 13.1. The smallest absolute Gasteiger partial charge is 0.219 e. The number of aromatic nitrogens is 3. The van der Waals surface area contributed by atoms with Gasteiger partial charge in [-0.15, -0.1) is 0 Å². The molecule has 1 N–H and O–H groups in total. The molecule has 0 bridgehead atoms. The summed E-state index contributed by atoms with van der Waals surface area (Å²) >= 11 is 6.38. The van der Waals surface area contributed by atoms with Crippen molar-refractivity contribution < 1.29 is 17.6 Å². The van der Waals surface area contributed by atoms with Gasteiger partial charge in [-0.25, -0.2) is 27.1 Å². The summed E-state index contributed by atoms with van der Waals surface area (Å²) in [5, 5.41) is 0.327. The molecule has 2 aromatic rings.